The fourth-order valence-electron chi connectivity index (χ4n) is 1.19. The zero-order valence-corrected chi connectivity index (χ0v) is 8.73. The summed E-state index contributed by atoms with van der Waals surface area (Å²) >= 11 is 0. The lowest BCUT2D eigenvalue weighted by Gasteiger charge is -2.09. The zero-order chi connectivity index (χ0) is 10.4. The Morgan fingerprint density at radius 3 is 2.79 bits per heavy atom. The molecule has 1 amide bonds. The van der Waals surface area contributed by atoms with Crippen molar-refractivity contribution in [2.45, 2.75) is 19.3 Å². The highest BCUT2D eigenvalue weighted by atomic mass is 16.2. The summed E-state index contributed by atoms with van der Waals surface area (Å²) in [5.41, 5.74) is 1.05. The lowest BCUT2D eigenvalue weighted by atomic mass is 10.1. The Balaban J connectivity index is 2.26. The Hall–Kier alpha value is -1.38. The van der Waals surface area contributed by atoms with E-state index in [2.05, 4.69) is 4.98 Å². The number of hydrogen-bond donors (Lipinski definition) is 0. The minimum absolute atomic E-state index is 0.181. The molecule has 0 atom stereocenters. The summed E-state index contributed by atoms with van der Waals surface area (Å²) in [5, 5.41) is 0. The number of rotatable bonds is 4. The molecule has 0 aliphatic heterocycles. The molecular weight excluding hydrogens is 176 g/mol. The minimum Gasteiger partial charge on any atom is -0.349 e. The van der Waals surface area contributed by atoms with Gasteiger partial charge in [0.1, 0.15) is 0 Å². The Bertz CT molecular complexity index is 283. The van der Waals surface area contributed by atoms with Gasteiger partial charge in [-0.25, -0.2) is 0 Å². The van der Waals surface area contributed by atoms with Crippen LogP contribution in [0.1, 0.15) is 18.5 Å². The Labute approximate surface area is 84.8 Å². The van der Waals surface area contributed by atoms with Gasteiger partial charge in [0.2, 0.25) is 5.91 Å². The maximum Gasteiger partial charge on any atom is 0.222 e. The van der Waals surface area contributed by atoms with Crippen molar-refractivity contribution in [2.24, 2.45) is 0 Å². The molecule has 1 heterocycles. The maximum absolute atomic E-state index is 11.2. The van der Waals surface area contributed by atoms with Crippen LogP contribution >= 0.6 is 0 Å². The second-order valence-electron chi connectivity index (χ2n) is 3.46. The first-order valence-electron chi connectivity index (χ1n) is 4.80. The van der Waals surface area contributed by atoms with Gasteiger partial charge in [0.15, 0.2) is 0 Å². The van der Waals surface area contributed by atoms with Crippen LogP contribution < -0.4 is 0 Å². The maximum atomic E-state index is 11.2. The van der Waals surface area contributed by atoms with Crippen LogP contribution in [0.4, 0.5) is 0 Å². The van der Waals surface area contributed by atoms with Gasteiger partial charge in [0, 0.05) is 32.4 Å². The van der Waals surface area contributed by atoms with Gasteiger partial charge in [0.25, 0.3) is 0 Å². The first-order valence-corrected chi connectivity index (χ1v) is 4.80. The summed E-state index contributed by atoms with van der Waals surface area (Å²) in [4.78, 5) is 17.1. The van der Waals surface area contributed by atoms with Crippen molar-refractivity contribution in [3.05, 3.63) is 30.1 Å². The van der Waals surface area contributed by atoms with Gasteiger partial charge in [-0.1, -0.05) is 6.07 Å². The highest BCUT2D eigenvalue weighted by molar-refractivity contribution is 5.75. The fourth-order valence-corrected chi connectivity index (χ4v) is 1.19. The molecule has 1 rings (SSSR count). The molecule has 3 nitrogen and oxygen atoms in total. The molecule has 0 fully saturated rings. The highest BCUT2D eigenvalue weighted by Crippen LogP contribution is 2.02. The SMILES string of the molecule is CN(C)C(=O)CCCc1ccccn1. The topological polar surface area (TPSA) is 33.2 Å². The standard InChI is InChI=1S/C11H16N2O/c1-13(2)11(14)8-5-7-10-6-3-4-9-12-10/h3-4,6,9H,5,7-8H2,1-2H3. The van der Waals surface area contributed by atoms with Crippen molar-refractivity contribution in [3.63, 3.8) is 0 Å². The zero-order valence-electron chi connectivity index (χ0n) is 8.73. The molecule has 0 N–H and O–H groups in total. The molecule has 0 radical (unpaired) electrons. The second-order valence-corrected chi connectivity index (χ2v) is 3.46. The molecule has 0 aliphatic rings. The first kappa shape index (κ1) is 10.7. The number of aromatic nitrogens is 1. The quantitative estimate of drug-likeness (QED) is 0.724. The number of pyridine rings is 1. The van der Waals surface area contributed by atoms with Crippen molar-refractivity contribution in [1.29, 1.82) is 0 Å². The number of aryl methyl sites for hydroxylation is 1. The molecule has 0 aliphatic carbocycles. The molecule has 0 saturated carbocycles. The largest absolute Gasteiger partial charge is 0.349 e. The van der Waals surface area contributed by atoms with Crippen molar-refractivity contribution in [3.8, 4) is 0 Å². The van der Waals surface area contributed by atoms with Crippen LogP contribution in [0.25, 0.3) is 0 Å². The van der Waals surface area contributed by atoms with E-state index in [-0.39, 0.29) is 5.91 Å². The van der Waals surface area contributed by atoms with Crippen molar-refractivity contribution in [1.82, 2.24) is 9.88 Å². The van der Waals surface area contributed by atoms with E-state index in [4.69, 9.17) is 0 Å². The van der Waals surface area contributed by atoms with Gasteiger partial charge in [-0.3, -0.25) is 9.78 Å². The summed E-state index contributed by atoms with van der Waals surface area (Å²) < 4.78 is 0. The third-order valence-corrected chi connectivity index (χ3v) is 2.05. The van der Waals surface area contributed by atoms with Crippen LogP contribution in [0.2, 0.25) is 0 Å². The van der Waals surface area contributed by atoms with E-state index >= 15 is 0 Å². The van der Waals surface area contributed by atoms with Crippen molar-refractivity contribution in [2.75, 3.05) is 14.1 Å². The average molecular weight is 192 g/mol. The normalized spacial score (nSPS) is 9.86. The minimum atomic E-state index is 0.181. The summed E-state index contributed by atoms with van der Waals surface area (Å²) in [6.45, 7) is 0. The van der Waals surface area contributed by atoms with Crippen LogP contribution in [0.3, 0.4) is 0 Å². The summed E-state index contributed by atoms with van der Waals surface area (Å²) in [5.74, 6) is 0.181. The van der Waals surface area contributed by atoms with Crippen molar-refractivity contribution < 1.29 is 4.79 Å². The molecule has 0 saturated heterocycles. The Kier molecular flexibility index (Phi) is 4.11. The summed E-state index contributed by atoms with van der Waals surface area (Å²) in [6.07, 6.45) is 4.13. The van der Waals surface area contributed by atoms with E-state index in [9.17, 15) is 4.79 Å². The number of nitrogens with zero attached hydrogens (tertiary/aromatic N) is 2. The van der Waals surface area contributed by atoms with Gasteiger partial charge in [-0.05, 0) is 25.0 Å². The molecule has 1 aromatic heterocycles. The number of carbonyl (C=O) groups excluding carboxylic acids is 1. The van der Waals surface area contributed by atoms with Crippen LogP contribution in [0.5, 0.6) is 0 Å². The van der Waals surface area contributed by atoms with Crippen LogP contribution in [0.15, 0.2) is 24.4 Å². The predicted octanol–water partition coefficient (Wildman–Crippen LogP) is 1.49. The van der Waals surface area contributed by atoms with E-state index in [1.54, 1.807) is 25.2 Å². The molecule has 0 bridgehead atoms. The lowest BCUT2D eigenvalue weighted by molar-refractivity contribution is -0.128. The van der Waals surface area contributed by atoms with Crippen LogP contribution in [0, 0.1) is 0 Å². The van der Waals surface area contributed by atoms with Crippen LogP contribution in [-0.2, 0) is 11.2 Å². The molecule has 1 aromatic rings. The van der Waals surface area contributed by atoms with Crippen LogP contribution in [-0.4, -0.2) is 29.9 Å². The van der Waals surface area contributed by atoms with Gasteiger partial charge >= 0.3 is 0 Å². The third-order valence-electron chi connectivity index (χ3n) is 2.05. The number of hydrogen-bond acceptors (Lipinski definition) is 2. The fraction of sp³-hybridized carbons (Fsp3) is 0.455. The molecular formula is C11H16N2O. The molecule has 0 unspecified atom stereocenters. The molecule has 76 valence electrons. The van der Waals surface area contributed by atoms with E-state index in [1.807, 2.05) is 18.2 Å². The molecule has 14 heavy (non-hydrogen) atoms. The smallest absolute Gasteiger partial charge is 0.222 e. The van der Waals surface area contributed by atoms with E-state index in [0.29, 0.717) is 6.42 Å². The van der Waals surface area contributed by atoms with Gasteiger partial charge in [-0.2, -0.15) is 0 Å². The van der Waals surface area contributed by atoms with E-state index < -0.39 is 0 Å². The first-order chi connectivity index (χ1) is 6.70. The summed E-state index contributed by atoms with van der Waals surface area (Å²) in [7, 11) is 3.56. The van der Waals surface area contributed by atoms with Gasteiger partial charge in [0.05, 0.1) is 0 Å². The molecule has 0 aromatic carbocycles. The lowest BCUT2D eigenvalue weighted by Crippen LogP contribution is -2.21. The van der Waals surface area contributed by atoms with E-state index in [1.165, 1.54) is 0 Å². The Morgan fingerprint density at radius 1 is 1.43 bits per heavy atom. The highest BCUT2D eigenvalue weighted by Gasteiger charge is 2.03. The summed E-state index contributed by atoms with van der Waals surface area (Å²) in [6, 6.07) is 5.85. The predicted molar refractivity (Wildman–Crippen MR) is 55.9 cm³/mol. The van der Waals surface area contributed by atoms with E-state index in [0.717, 1.165) is 18.5 Å². The monoisotopic (exact) mass is 192 g/mol. The average Bonchev–Trinajstić information content (AvgIpc) is 2.19. The Morgan fingerprint density at radius 2 is 2.21 bits per heavy atom. The molecule has 3 heteroatoms. The third kappa shape index (κ3) is 3.56. The van der Waals surface area contributed by atoms with Crippen molar-refractivity contribution >= 4 is 5.91 Å². The van der Waals surface area contributed by atoms with Gasteiger partial charge in [-0.15, -0.1) is 0 Å². The van der Waals surface area contributed by atoms with Gasteiger partial charge < -0.3 is 4.90 Å². The number of carbonyl (C=O) groups is 1. The molecule has 0 spiro atoms. The number of amides is 1. The second kappa shape index (κ2) is 5.37.